The van der Waals surface area contributed by atoms with E-state index in [1.54, 1.807) is 29.0 Å². The largest absolute Gasteiger partial charge is 0.381 e. The van der Waals surface area contributed by atoms with Gasteiger partial charge < -0.3 is 5.11 Å². The molecule has 1 aromatic carbocycles. The van der Waals surface area contributed by atoms with E-state index in [0.717, 1.165) is 20.3 Å². The predicted molar refractivity (Wildman–Crippen MR) is 91.6 cm³/mol. The molecule has 0 saturated heterocycles. The van der Waals surface area contributed by atoms with E-state index in [-0.39, 0.29) is 0 Å². The van der Waals surface area contributed by atoms with Crippen LogP contribution in [0.2, 0.25) is 0 Å². The molecule has 3 aromatic heterocycles. The lowest BCUT2D eigenvalue weighted by Gasteiger charge is -2.09. The Bertz CT molecular complexity index is 921. The van der Waals surface area contributed by atoms with Crippen LogP contribution in [0.3, 0.4) is 0 Å². The van der Waals surface area contributed by atoms with Crippen molar-refractivity contribution in [2.45, 2.75) is 13.0 Å². The van der Waals surface area contributed by atoms with Crippen molar-refractivity contribution in [3.8, 4) is 10.4 Å². The maximum atomic E-state index is 10.8. The van der Waals surface area contributed by atoms with Gasteiger partial charge in [0.1, 0.15) is 17.3 Å². The van der Waals surface area contributed by atoms with E-state index in [4.69, 9.17) is 0 Å². The molecule has 0 aliphatic heterocycles. The van der Waals surface area contributed by atoms with E-state index in [2.05, 4.69) is 23.2 Å². The van der Waals surface area contributed by atoms with Gasteiger partial charge in [0, 0.05) is 14.6 Å². The van der Waals surface area contributed by atoms with Crippen LogP contribution in [0.5, 0.6) is 0 Å². The summed E-state index contributed by atoms with van der Waals surface area (Å²) in [4.78, 5) is 8.47. The number of imidazole rings is 1. The van der Waals surface area contributed by atoms with Crippen molar-refractivity contribution in [2.24, 2.45) is 0 Å². The first-order chi connectivity index (χ1) is 10.7. The lowest BCUT2D eigenvalue weighted by atomic mass is 10.1. The molecular formula is C17H14N2OS2. The second kappa shape index (κ2) is 5.35. The predicted octanol–water partition coefficient (Wildman–Crippen LogP) is 4.51. The molecule has 0 saturated carbocycles. The number of rotatable bonds is 3. The molecule has 0 aliphatic rings. The summed E-state index contributed by atoms with van der Waals surface area (Å²) in [6.45, 7) is 2.04. The third-order valence-electron chi connectivity index (χ3n) is 3.70. The van der Waals surface area contributed by atoms with Gasteiger partial charge in [0.15, 0.2) is 0 Å². The summed E-state index contributed by atoms with van der Waals surface area (Å²) in [6, 6.07) is 14.3. The highest BCUT2D eigenvalue weighted by molar-refractivity contribution is 7.17. The highest BCUT2D eigenvalue weighted by Crippen LogP contribution is 2.37. The Labute approximate surface area is 136 Å². The molecule has 1 N–H and O–H groups in total. The fraction of sp³-hybridized carbons (Fsp3) is 0.118. The highest BCUT2D eigenvalue weighted by atomic mass is 32.1. The molecule has 3 nitrogen and oxygen atoms in total. The van der Waals surface area contributed by atoms with Gasteiger partial charge >= 0.3 is 0 Å². The number of aryl methyl sites for hydroxylation is 1. The fourth-order valence-corrected chi connectivity index (χ4v) is 4.62. The van der Waals surface area contributed by atoms with E-state index in [0.29, 0.717) is 0 Å². The monoisotopic (exact) mass is 326 g/mol. The number of fused-ring (bicyclic) bond motifs is 1. The minimum Gasteiger partial charge on any atom is -0.381 e. The molecule has 4 rings (SSSR count). The highest BCUT2D eigenvalue weighted by Gasteiger charge is 2.20. The van der Waals surface area contributed by atoms with Crippen molar-refractivity contribution >= 4 is 27.5 Å². The maximum Gasteiger partial charge on any atom is 0.130 e. The Morgan fingerprint density at radius 2 is 1.91 bits per heavy atom. The molecule has 0 aliphatic carbocycles. The van der Waals surface area contributed by atoms with Gasteiger partial charge in [-0.05, 0) is 24.6 Å². The van der Waals surface area contributed by atoms with Gasteiger partial charge in [-0.25, -0.2) is 4.98 Å². The van der Waals surface area contributed by atoms with Crippen LogP contribution in [0.1, 0.15) is 21.6 Å². The molecule has 1 unspecified atom stereocenters. The number of benzene rings is 1. The molecule has 4 aromatic rings. The van der Waals surface area contributed by atoms with Gasteiger partial charge in [0.25, 0.3) is 0 Å². The normalized spacial score (nSPS) is 12.8. The number of thiophene rings is 1. The quantitative estimate of drug-likeness (QED) is 0.601. The van der Waals surface area contributed by atoms with Crippen LogP contribution in [-0.4, -0.2) is 14.5 Å². The number of hydrogen-bond acceptors (Lipinski definition) is 4. The van der Waals surface area contributed by atoms with Crippen molar-refractivity contribution in [3.05, 3.63) is 70.4 Å². The van der Waals surface area contributed by atoms with Crippen LogP contribution < -0.4 is 0 Å². The lowest BCUT2D eigenvalue weighted by Crippen LogP contribution is -2.02. The topological polar surface area (TPSA) is 37.5 Å². The third kappa shape index (κ3) is 2.18. The van der Waals surface area contributed by atoms with Crippen molar-refractivity contribution in [1.82, 2.24) is 9.38 Å². The van der Waals surface area contributed by atoms with Crippen LogP contribution in [0.25, 0.3) is 15.3 Å². The van der Waals surface area contributed by atoms with E-state index in [1.165, 1.54) is 10.4 Å². The molecule has 0 spiro atoms. The second-order valence-electron chi connectivity index (χ2n) is 5.12. The Morgan fingerprint density at radius 1 is 1.09 bits per heavy atom. The third-order valence-corrected chi connectivity index (χ3v) is 5.91. The Kier molecular flexibility index (Phi) is 3.33. The standard InChI is InChI=1S/C17H14N2OS2/c1-11-16(19-10-18-9-15(19)21-11)17(20)14-8-7-13(22-14)12-5-3-2-4-6-12/h2-10,17,20H,1H3. The Hall–Kier alpha value is -1.95. The number of aliphatic hydroxyl groups is 1. The molecule has 5 heteroatoms. The molecule has 0 fully saturated rings. The zero-order valence-corrected chi connectivity index (χ0v) is 13.6. The molecular weight excluding hydrogens is 312 g/mol. The number of hydrogen-bond donors (Lipinski definition) is 1. The first-order valence-corrected chi connectivity index (χ1v) is 8.62. The summed E-state index contributed by atoms with van der Waals surface area (Å²) >= 11 is 3.29. The molecule has 0 amide bonds. The first-order valence-electron chi connectivity index (χ1n) is 6.98. The van der Waals surface area contributed by atoms with Crippen LogP contribution in [0, 0.1) is 6.92 Å². The van der Waals surface area contributed by atoms with Crippen LogP contribution in [-0.2, 0) is 0 Å². The van der Waals surface area contributed by atoms with E-state index in [1.807, 2.05) is 41.8 Å². The van der Waals surface area contributed by atoms with Crippen molar-refractivity contribution in [1.29, 1.82) is 0 Å². The number of aromatic nitrogens is 2. The molecule has 1 atom stereocenters. The van der Waals surface area contributed by atoms with Gasteiger partial charge in [-0.1, -0.05) is 30.3 Å². The summed E-state index contributed by atoms with van der Waals surface area (Å²) in [5.41, 5.74) is 2.10. The average Bonchev–Trinajstić information content (AvgIpc) is 3.22. The van der Waals surface area contributed by atoms with Crippen LogP contribution in [0.15, 0.2) is 55.0 Å². The summed E-state index contributed by atoms with van der Waals surface area (Å²) in [7, 11) is 0. The molecule has 3 heterocycles. The van der Waals surface area contributed by atoms with Gasteiger partial charge in [-0.3, -0.25) is 4.40 Å². The van der Waals surface area contributed by atoms with Gasteiger partial charge in [0.05, 0.1) is 11.9 Å². The summed E-state index contributed by atoms with van der Waals surface area (Å²) in [5.74, 6) is 0. The first kappa shape index (κ1) is 13.7. The van der Waals surface area contributed by atoms with Gasteiger partial charge in [-0.15, -0.1) is 22.7 Å². The smallest absolute Gasteiger partial charge is 0.130 e. The minimum atomic E-state index is -0.620. The molecule has 0 bridgehead atoms. The minimum absolute atomic E-state index is 0.620. The molecule has 22 heavy (non-hydrogen) atoms. The van der Waals surface area contributed by atoms with Gasteiger partial charge in [0.2, 0.25) is 0 Å². The van der Waals surface area contributed by atoms with Crippen molar-refractivity contribution in [2.75, 3.05) is 0 Å². The molecule has 0 radical (unpaired) electrons. The van der Waals surface area contributed by atoms with Gasteiger partial charge in [-0.2, -0.15) is 0 Å². The number of nitrogens with zero attached hydrogens (tertiary/aromatic N) is 2. The zero-order valence-electron chi connectivity index (χ0n) is 11.9. The van der Waals surface area contributed by atoms with Crippen molar-refractivity contribution < 1.29 is 5.11 Å². The van der Waals surface area contributed by atoms with E-state index >= 15 is 0 Å². The number of aliphatic hydroxyl groups excluding tert-OH is 1. The van der Waals surface area contributed by atoms with E-state index in [9.17, 15) is 5.11 Å². The van der Waals surface area contributed by atoms with Crippen molar-refractivity contribution in [3.63, 3.8) is 0 Å². The summed E-state index contributed by atoms with van der Waals surface area (Å²) in [5, 5.41) is 10.8. The van der Waals surface area contributed by atoms with E-state index < -0.39 is 6.10 Å². The lowest BCUT2D eigenvalue weighted by molar-refractivity contribution is 0.217. The van der Waals surface area contributed by atoms with Crippen LogP contribution in [0.4, 0.5) is 0 Å². The summed E-state index contributed by atoms with van der Waals surface area (Å²) < 4.78 is 1.98. The summed E-state index contributed by atoms with van der Waals surface area (Å²) in [6.07, 6.45) is 2.98. The average molecular weight is 326 g/mol. The zero-order chi connectivity index (χ0) is 15.1. The maximum absolute atomic E-state index is 10.8. The van der Waals surface area contributed by atoms with Crippen LogP contribution >= 0.6 is 22.7 Å². The Morgan fingerprint density at radius 3 is 2.73 bits per heavy atom. The Balaban J connectivity index is 1.75. The number of thiazole rings is 1. The second-order valence-corrected chi connectivity index (χ2v) is 7.47. The fourth-order valence-electron chi connectivity index (χ4n) is 2.63. The SMILES string of the molecule is Cc1sc2cncn2c1C(O)c1ccc(-c2ccccc2)s1. The molecule has 110 valence electrons.